The van der Waals surface area contributed by atoms with Crippen molar-refractivity contribution in [2.45, 2.75) is 59.3 Å². The van der Waals surface area contributed by atoms with Crippen molar-refractivity contribution in [3.63, 3.8) is 0 Å². The normalized spacial score (nSPS) is 11.6. The van der Waals surface area contributed by atoms with Crippen LogP contribution in [0.3, 0.4) is 0 Å². The highest BCUT2D eigenvalue weighted by Crippen LogP contribution is 2.43. The third-order valence-corrected chi connectivity index (χ3v) is 5.94. The van der Waals surface area contributed by atoms with Gasteiger partial charge in [-0.2, -0.15) is 0 Å². The molecule has 0 radical (unpaired) electrons. The van der Waals surface area contributed by atoms with Crippen LogP contribution in [0.4, 0.5) is 0 Å². The van der Waals surface area contributed by atoms with E-state index in [1.807, 2.05) is 44.2 Å². The summed E-state index contributed by atoms with van der Waals surface area (Å²) < 4.78 is 0. The van der Waals surface area contributed by atoms with E-state index in [1.165, 1.54) is 0 Å². The molecule has 0 fully saturated rings. The lowest BCUT2D eigenvalue weighted by molar-refractivity contribution is 0.462. The molecule has 0 saturated heterocycles. The maximum Gasteiger partial charge on any atom is 0.119 e. The first kappa shape index (κ1) is 21.8. The Labute approximate surface area is 179 Å². The molecule has 0 heterocycles. The van der Waals surface area contributed by atoms with Gasteiger partial charge in [0.25, 0.3) is 0 Å². The smallest absolute Gasteiger partial charge is 0.119 e. The molecule has 0 atom stereocenters. The Balaban J connectivity index is 2.37. The molecule has 30 heavy (non-hydrogen) atoms. The van der Waals surface area contributed by atoms with Crippen LogP contribution in [0, 0.1) is 13.8 Å². The molecule has 3 N–H and O–H groups in total. The van der Waals surface area contributed by atoms with Crippen LogP contribution in [-0.2, 0) is 0 Å². The number of hydrogen-bond acceptors (Lipinski definition) is 3. The Morgan fingerprint density at radius 1 is 0.533 bits per heavy atom. The van der Waals surface area contributed by atoms with Gasteiger partial charge in [0.05, 0.1) is 0 Å². The van der Waals surface area contributed by atoms with Crippen LogP contribution >= 0.6 is 0 Å². The molecule has 0 saturated carbocycles. The highest BCUT2D eigenvalue weighted by molar-refractivity contribution is 5.57. The van der Waals surface area contributed by atoms with Crippen molar-refractivity contribution in [1.29, 1.82) is 0 Å². The fourth-order valence-electron chi connectivity index (χ4n) is 4.24. The van der Waals surface area contributed by atoms with Crippen LogP contribution in [0.5, 0.6) is 17.2 Å². The van der Waals surface area contributed by atoms with E-state index >= 15 is 0 Å². The van der Waals surface area contributed by atoms with E-state index in [0.717, 1.165) is 38.9 Å². The van der Waals surface area contributed by atoms with Crippen molar-refractivity contribution in [2.24, 2.45) is 0 Å². The van der Waals surface area contributed by atoms with Gasteiger partial charge in [0.15, 0.2) is 0 Å². The third kappa shape index (κ3) is 4.02. The lowest BCUT2D eigenvalue weighted by atomic mass is 9.78. The Bertz CT molecular complexity index is 1000. The number of hydrogen-bond donors (Lipinski definition) is 3. The molecular formula is C27H32O3. The second-order valence-corrected chi connectivity index (χ2v) is 8.84. The molecule has 0 aromatic heterocycles. The monoisotopic (exact) mass is 404 g/mol. The van der Waals surface area contributed by atoms with E-state index < -0.39 is 0 Å². The predicted molar refractivity (Wildman–Crippen MR) is 123 cm³/mol. The molecule has 0 unspecified atom stereocenters. The Kier molecular flexibility index (Phi) is 6.12. The van der Waals surface area contributed by atoms with Gasteiger partial charge in [-0.15, -0.1) is 0 Å². The minimum atomic E-state index is -0.220. The molecule has 0 aliphatic rings. The average Bonchev–Trinajstić information content (AvgIpc) is 2.65. The minimum Gasteiger partial charge on any atom is -0.508 e. The lowest BCUT2D eigenvalue weighted by Crippen LogP contribution is -2.10. The van der Waals surface area contributed by atoms with Gasteiger partial charge in [-0.05, 0) is 77.3 Å². The summed E-state index contributed by atoms with van der Waals surface area (Å²) in [6, 6.07) is 15.2. The summed E-state index contributed by atoms with van der Waals surface area (Å²) in [7, 11) is 0. The number of phenols is 3. The number of phenolic OH excluding ortho intramolecular Hbond substituents is 3. The summed E-state index contributed by atoms with van der Waals surface area (Å²) in [4.78, 5) is 0. The molecule has 3 heteroatoms. The van der Waals surface area contributed by atoms with Crippen molar-refractivity contribution >= 4 is 0 Å². The maximum absolute atomic E-state index is 10.8. The molecule has 0 bridgehead atoms. The zero-order chi connectivity index (χ0) is 22.2. The topological polar surface area (TPSA) is 60.7 Å². The van der Waals surface area contributed by atoms with Gasteiger partial charge in [-0.25, -0.2) is 0 Å². The third-order valence-electron chi connectivity index (χ3n) is 5.94. The quantitative estimate of drug-likeness (QED) is 0.408. The number of para-hydroxylation sites is 1. The van der Waals surface area contributed by atoms with E-state index in [9.17, 15) is 15.3 Å². The van der Waals surface area contributed by atoms with Crippen molar-refractivity contribution in [3.05, 3.63) is 87.5 Å². The van der Waals surface area contributed by atoms with E-state index in [2.05, 4.69) is 39.8 Å². The van der Waals surface area contributed by atoms with Gasteiger partial charge in [-0.3, -0.25) is 0 Å². The van der Waals surface area contributed by atoms with Crippen molar-refractivity contribution in [3.8, 4) is 17.2 Å². The second-order valence-electron chi connectivity index (χ2n) is 8.84. The second kappa shape index (κ2) is 8.43. The summed E-state index contributed by atoms with van der Waals surface area (Å²) >= 11 is 0. The molecule has 3 aromatic carbocycles. The first-order valence-corrected chi connectivity index (χ1v) is 10.6. The van der Waals surface area contributed by atoms with Crippen molar-refractivity contribution in [1.82, 2.24) is 0 Å². The first-order valence-electron chi connectivity index (χ1n) is 10.6. The van der Waals surface area contributed by atoms with Crippen LogP contribution in [0.1, 0.15) is 84.4 Å². The summed E-state index contributed by atoms with van der Waals surface area (Å²) in [5.41, 5.74) is 6.59. The molecule has 3 rings (SSSR count). The SMILES string of the molecule is Cc1cc(O)c(C(C)C)cc1C(c1cc(C(C)C)c(O)cc1C)c1ccccc1O. The van der Waals surface area contributed by atoms with Gasteiger partial charge in [0.2, 0.25) is 0 Å². The standard InChI is InChI=1S/C27H32O3/c1-15(2)20-13-22(17(5)11-25(20)29)27(19-9-7-8-10-24(19)28)23-14-21(16(3)4)26(30)12-18(23)6/h7-16,27-30H,1-6H3. The van der Waals surface area contributed by atoms with Crippen LogP contribution in [0.2, 0.25) is 0 Å². The largest absolute Gasteiger partial charge is 0.508 e. The minimum absolute atomic E-state index is 0.168. The zero-order valence-corrected chi connectivity index (χ0v) is 18.7. The number of benzene rings is 3. The molecule has 3 aromatic rings. The van der Waals surface area contributed by atoms with Crippen LogP contribution < -0.4 is 0 Å². The zero-order valence-electron chi connectivity index (χ0n) is 18.7. The lowest BCUT2D eigenvalue weighted by Gasteiger charge is -2.26. The molecule has 158 valence electrons. The highest BCUT2D eigenvalue weighted by atomic mass is 16.3. The number of rotatable bonds is 5. The van der Waals surface area contributed by atoms with E-state index in [4.69, 9.17) is 0 Å². The molecular weight excluding hydrogens is 372 g/mol. The van der Waals surface area contributed by atoms with Gasteiger partial charge >= 0.3 is 0 Å². The number of aromatic hydroxyl groups is 3. The van der Waals surface area contributed by atoms with Crippen LogP contribution in [-0.4, -0.2) is 15.3 Å². The summed E-state index contributed by atoms with van der Waals surface area (Å²) in [5.74, 6) is 0.949. The summed E-state index contributed by atoms with van der Waals surface area (Å²) in [6.45, 7) is 12.2. The van der Waals surface area contributed by atoms with Gasteiger partial charge in [0, 0.05) is 11.5 Å². The fourth-order valence-corrected chi connectivity index (χ4v) is 4.24. The van der Waals surface area contributed by atoms with E-state index in [-0.39, 0.29) is 23.5 Å². The Morgan fingerprint density at radius 2 is 0.967 bits per heavy atom. The first-order chi connectivity index (χ1) is 14.1. The molecule has 0 amide bonds. The van der Waals surface area contributed by atoms with Crippen LogP contribution in [0.25, 0.3) is 0 Å². The van der Waals surface area contributed by atoms with Crippen LogP contribution in [0.15, 0.2) is 48.5 Å². The molecule has 0 aliphatic carbocycles. The predicted octanol–water partition coefficient (Wildman–Crippen LogP) is 6.85. The van der Waals surface area contributed by atoms with Gasteiger partial charge in [-0.1, -0.05) is 58.0 Å². The summed E-state index contributed by atoms with van der Waals surface area (Å²) in [5, 5.41) is 31.7. The molecule has 0 aliphatic heterocycles. The molecule has 0 spiro atoms. The fraction of sp³-hybridized carbons (Fsp3) is 0.333. The Morgan fingerprint density at radius 3 is 1.37 bits per heavy atom. The van der Waals surface area contributed by atoms with Crippen molar-refractivity contribution < 1.29 is 15.3 Å². The average molecular weight is 405 g/mol. The number of aryl methyl sites for hydroxylation is 2. The molecule has 3 nitrogen and oxygen atoms in total. The van der Waals surface area contributed by atoms with E-state index in [0.29, 0.717) is 11.5 Å². The van der Waals surface area contributed by atoms with E-state index in [1.54, 1.807) is 6.07 Å². The van der Waals surface area contributed by atoms with Gasteiger partial charge < -0.3 is 15.3 Å². The highest BCUT2D eigenvalue weighted by Gasteiger charge is 2.26. The Hall–Kier alpha value is -2.94. The summed E-state index contributed by atoms with van der Waals surface area (Å²) in [6.07, 6.45) is 0. The maximum atomic E-state index is 10.8. The van der Waals surface area contributed by atoms with Gasteiger partial charge in [0.1, 0.15) is 17.2 Å². The van der Waals surface area contributed by atoms with Crippen molar-refractivity contribution in [2.75, 3.05) is 0 Å².